The van der Waals surface area contributed by atoms with Gasteiger partial charge in [0.1, 0.15) is 0 Å². The summed E-state index contributed by atoms with van der Waals surface area (Å²) in [5, 5.41) is 40.9. The number of terminal acetylenes is 1. The number of hydrogen-bond acceptors (Lipinski definition) is 9. The summed E-state index contributed by atoms with van der Waals surface area (Å²) in [6, 6.07) is 0. The fourth-order valence-corrected chi connectivity index (χ4v) is 3.69. The molecular weight excluding hydrogens is 542 g/mol. The van der Waals surface area contributed by atoms with E-state index in [0.717, 1.165) is 0 Å². The summed E-state index contributed by atoms with van der Waals surface area (Å²) >= 11 is 0. The van der Waals surface area contributed by atoms with Gasteiger partial charge in [-0.05, 0) is 13.0 Å². The zero-order valence-electron chi connectivity index (χ0n) is 23.4. The van der Waals surface area contributed by atoms with Crippen LogP contribution >= 0.6 is 0 Å². The number of carboxylic acid groups (broad SMARTS) is 4. The van der Waals surface area contributed by atoms with Gasteiger partial charge in [0.15, 0.2) is 0 Å². The van der Waals surface area contributed by atoms with Crippen LogP contribution in [-0.2, 0) is 28.8 Å². The van der Waals surface area contributed by atoms with Crippen LogP contribution in [0.3, 0.4) is 0 Å². The average Bonchev–Trinajstić information content (AvgIpc) is 2.89. The number of carbonyl (C=O) groups is 6. The fourth-order valence-electron chi connectivity index (χ4n) is 3.69. The SMILES string of the molecule is C#CCN(CCC(=O)NCCN(CCCC(=O)O)CCC(=O)O)CCC(=O)NCCN(CCC(=O)O)CCC(=O)O. The minimum Gasteiger partial charge on any atom is -0.481 e. The largest absolute Gasteiger partial charge is 0.481 e. The van der Waals surface area contributed by atoms with Gasteiger partial charge in [-0.15, -0.1) is 6.42 Å². The van der Waals surface area contributed by atoms with E-state index in [0.29, 0.717) is 39.1 Å². The first-order chi connectivity index (χ1) is 19.4. The van der Waals surface area contributed by atoms with Crippen molar-refractivity contribution in [3.8, 4) is 12.3 Å². The molecule has 15 heteroatoms. The molecule has 0 aliphatic heterocycles. The molecule has 0 aliphatic carbocycles. The van der Waals surface area contributed by atoms with Crippen LogP contribution in [0.1, 0.15) is 44.9 Å². The summed E-state index contributed by atoms with van der Waals surface area (Å²) in [5.41, 5.74) is 0. The first-order valence-corrected chi connectivity index (χ1v) is 13.4. The molecule has 0 rings (SSSR count). The van der Waals surface area contributed by atoms with Gasteiger partial charge in [0.05, 0.1) is 25.8 Å². The molecule has 0 aromatic carbocycles. The van der Waals surface area contributed by atoms with Gasteiger partial charge in [-0.3, -0.25) is 33.7 Å². The summed E-state index contributed by atoms with van der Waals surface area (Å²) in [5.74, 6) is -1.91. The summed E-state index contributed by atoms with van der Waals surface area (Å²) in [7, 11) is 0. The van der Waals surface area contributed by atoms with Crippen molar-refractivity contribution in [1.29, 1.82) is 0 Å². The second kappa shape index (κ2) is 23.0. The van der Waals surface area contributed by atoms with Crippen LogP contribution in [0, 0.1) is 12.3 Å². The molecule has 6 N–H and O–H groups in total. The summed E-state index contributed by atoms with van der Waals surface area (Å²) in [6.45, 7) is 2.97. The monoisotopic (exact) mass is 585 g/mol. The Kier molecular flexibility index (Phi) is 20.9. The lowest BCUT2D eigenvalue weighted by atomic mass is 10.2. The molecule has 0 saturated heterocycles. The lowest BCUT2D eigenvalue weighted by molar-refractivity contribution is -0.138. The Bertz CT molecular complexity index is 874. The number of amides is 2. The van der Waals surface area contributed by atoms with Gasteiger partial charge < -0.3 is 40.9 Å². The molecule has 0 heterocycles. The van der Waals surface area contributed by atoms with E-state index in [1.807, 2.05) is 0 Å². The number of nitrogens with one attached hydrogen (secondary N) is 2. The Labute approximate surface area is 239 Å². The van der Waals surface area contributed by atoms with Crippen LogP contribution in [0.25, 0.3) is 0 Å². The first kappa shape index (κ1) is 37.3. The molecular formula is C26H43N5O10. The molecule has 41 heavy (non-hydrogen) atoms. The molecule has 15 nitrogen and oxygen atoms in total. The standard InChI is InChI=1S/C26H43N5O10/c1-2-12-29(15-6-22(33)28-11-20-31(17-8-25(38)39)18-9-26(40)41)14-5-21(32)27-10-19-30(16-7-24(36)37)13-3-4-23(34)35/h1H,3-20H2,(H,27,32)(H,28,33)(H,34,35)(H,36,37)(H,38,39)(H,40,41). The minimum absolute atomic E-state index is 0.0308. The summed E-state index contributed by atoms with van der Waals surface area (Å²) in [4.78, 5) is 73.0. The molecule has 232 valence electrons. The number of carbonyl (C=O) groups excluding carboxylic acids is 2. The highest BCUT2D eigenvalue weighted by molar-refractivity contribution is 5.76. The van der Waals surface area contributed by atoms with Gasteiger partial charge in [-0.2, -0.15) is 0 Å². The van der Waals surface area contributed by atoms with Gasteiger partial charge in [0, 0.05) is 78.2 Å². The van der Waals surface area contributed by atoms with E-state index in [4.69, 9.17) is 26.8 Å². The normalized spacial score (nSPS) is 10.9. The predicted molar refractivity (Wildman–Crippen MR) is 147 cm³/mol. The highest BCUT2D eigenvalue weighted by atomic mass is 16.4. The molecule has 0 saturated carbocycles. The van der Waals surface area contributed by atoms with E-state index in [9.17, 15) is 28.8 Å². The first-order valence-electron chi connectivity index (χ1n) is 13.4. The Morgan fingerprint density at radius 3 is 1.24 bits per heavy atom. The summed E-state index contributed by atoms with van der Waals surface area (Å²) < 4.78 is 0. The van der Waals surface area contributed by atoms with Crippen molar-refractivity contribution in [2.45, 2.75) is 44.9 Å². The van der Waals surface area contributed by atoms with Crippen LogP contribution in [-0.4, -0.2) is 143 Å². The van der Waals surface area contributed by atoms with Gasteiger partial charge in [-0.25, -0.2) is 0 Å². The van der Waals surface area contributed by atoms with Gasteiger partial charge in [0.2, 0.25) is 11.8 Å². The lowest BCUT2D eigenvalue weighted by Gasteiger charge is -2.22. The van der Waals surface area contributed by atoms with Crippen molar-refractivity contribution in [1.82, 2.24) is 25.3 Å². The van der Waals surface area contributed by atoms with Crippen molar-refractivity contribution in [3.63, 3.8) is 0 Å². The molecule has 0 aromatic rings. The Hall–Kier alpha value is -3.74. The molecule has 0 fully saturated rings. The van der Waals surface area contributed by atoms with E-state index >= 15 is 0 Å². The third-order valence-corrected chi connectivity index (χ3v) is 5.92. The second-order valence-corrected chi connectivity index (χ2v) is 9.29. The van der Waals surface area contributed by atoms with Crippen LogP contribution in [0.2, 0.25) is 0 Å². The Morgan fingerprint density at radius 1 is 0.512 bits per heavy atom. The quantitative estimate of drug-likeness (QED) is 0.0660. The van der Waals surface area contributed by atoms with Gasteiger partial charge in [-0.1, -0.05) is 5.92 Å². The zero-order valence-corrected chi connectivity index (χ0v) is 23.4. The molecule has 2 amide bonds. The topological polar surface area (TPSA) is 217 Å². The maximum atomic E-state index is 12.3. The van der Waals surface area contributed by atoms with Crippen LogP contribution in [0.15, 0.2) is 0 Å². The van der Waals surface area contributed by atoms with E-state index < -0.39 is 23.9 Å². The predicted octanol–water partition coefficient (Wildman–Crippen LogP) is -1.17. The highest BCUT2D eigenvalue weighted by Crippen LogP contribution is 1.99. The van der Waals surface area contributed by atoms with Crippen molar-refractivity contribution in [2.75, 3.05) is 72.0 Å². The van der Waals surface area contributed by atoms with Crippen LogP contribution in [0.4, 0.5) is 0 Å². The fraction of sp³-hybridized carbons (Fsp3) is 0.692. The number of aliphatic carboxylic acids is 4. The molecule has 0 bridgehead atoms. The molecule has 0 radical (unpaired) electrons. The maximum Gasteiger partial charge on any atom is 0.304 e. The Balaban J connectivity index is 4.45. The minimum atomic E-state index is -0.998. The van der Waals surface area contributed by atoms with Crippen molar-refractivity contribution in [2.24, 2.45) is 0 Å². The molecule has 0 aliphatic rings. The van der Waals surface area contributed by atoms with E-state index in [1.165, 1.54) is 0 Å². The van der Waals surface area contributed by atoms with E-state index in [2.05, 4.69) is 16.6 Å². The van der Waals surface area contributed by atoms with Crippen LogP contribution in [0.5, 0.6) is 0 Å². The smallest absolute Gasteiger partial charge is 0.304 e. The molecule has 0 unspecified atom stereocenters. The van der Waals surface area contributed by atoms with Crippen molar-refractivity contribution in [3.05, 3.63) is 0 Å². The highest BCUT2D eigenvalue weighted by Gasteiger charge is 2.13. The number of hydrogen-bond donors (Lipinski definition) is 6. The third-order valence-electron chi connectivity index (χ3n) is 5.92. The Morgan fingerprint density at radius 2 is 0.878 bits per heavy atom. The van der Waals surface area contributed by atoms with E-state index in [1.54, 1.807) is 14.7 Å². The van der Waals surface area contributed by atoms with Crippen molar-refractivity contribution < 1.29 is 49.2 Å². The van der Waals surface area contributed by atoms with Gasteiger partial charge in [0.25, 0.3) is 0 Å². The number of nitrogens with zero attached hydrogens (tertiary/aromatic N) is 3. The molecule has 0 aromatic heterocycles. The van der Waals surface area contributed by atoms with E-state index in [-0.39, 0.29) is 89.6 Å². The third kappa shape index (κ3) is 23.8. The number of carboxylic acids is 4. The van der Waals surface area contributed by atoms with Gasteiger partial charge >= 0.3 is 23.9 Å². The molecule has 0 atom stereocenters. The molecule has 0 spiro atoms. The zero-order chi connectivity index (χ0) is 31.0. The average molecular weight is 586 g/mol. The second-order valence-electron chi connectivity index (χ2n) is 9.29. The summed E-state index contributed by atoms with van der Waals surface area (Å²) in [6.07, 6.45) is 5.61. The van der Waals surface area contributed by atoms with Crippen LogP contribution < -0.4 is 10.6 Å². The lowest BCUT2D eigenvalue weighted by Crippen LogP contribution is -2.39. The number of rotatable bonds is 26. The maximum absolute atomic E-state index is 12.3. The van der Waals surface area contributed by atoms with Crippen molar-refractivity contribution >= 4 is 35.7 Å².